The van der Waals surface area contributed by atoms with Crippen LogP contribution in [0.25, 0.3) is 6.08 Å². The van der Waals surface area contributed by atoms with Crippen LogP contribution in [0.2, 0.25) is 5.02 Å². The van der Waals surface area contributed by atoms with Gasteiger partial charge in [-0.1, -0.05) is 39.7 Å². The van der Waals surface area contributed by atoms with E-state index in [-0.39, 0.29) is 18.1 Å². The molecule has 0 radical (unpaired) electrons. The van der Waals surface area contributed by atoms with Crippen LogP contribution in [0.1, 0.15) is 21.7 Å². The fourth-order valence-corrected chi connectivity index (χ4v) is 2.75. The van der Waals surface area contributed by atoms with Crippen molar-refractivity contribution < 1.29 is 14.0 Å². The summed E-state index contributed by atoms with van der Waals surface area (Å²) in [6.45, 7) is 0.206. The molecule has 142 valence electrons. The quantitative estimate of drug-likeness (QED) is 0.521. The summed E-state index contributed by atoms with van der Waals surface area (Å²) in [6.07, 6.45) is 3.12. The Morgan fingerprint density at radius 2 is 1.75 bits per heavy atom. The highest BCUT2D eigenvalue weighted by atomic mass is 79.9. The topological polar surface area (TPSA) is 71.3 Å². The number of furan rings is 1. The minimum Gasteiger partial charge on any atom is -0.467 e. The highest BCUT2D eigenvalue weighted by Crippen LogP contribution is 2.14. The van der Waals surface area contributed by atoms with E-state index in [1.54, 1.807) is 66.7 Å². The van der Waals surface area contributed by atoms with Gasteiger partial charge >= 0.3 is 0 Å². The molecule has 2 N–H and O–H groups in total. The van der Waals surface area contributed by atoms with Crippen LogP contribution < -0.4 is 10.6 Å². The highest BCUT2D eigenvalue weighted by Gasteiger charge is 2.15. The van der Waals surface area contributed by atoms with Crippen LogP contribution in [0, 0.1) is 0 Å². The van der Waals surface area contributed by atoms with E-state index in [1.165, 1.54) is 6.26 Å². The number of amides is 2. The minimum absolute atomic E-state index is 0.113. The van der Waals surface area contributed by atoms with Crippen LogP contribution in [0.4, 0.5) is 0 Å². The molecule has 3 aromatic rings. The molecular weight excluding hydrogens is 444 g/mol. The SMILES string of the molecule is O=C(NCc1ccco1)C(=Cc1ccc(Cl)cc1)NC(=O)c1ccc(Br)cc1. The highest BCUT2D eigenvalue weighted by molar-refractivity contribution is 9.10. The number of nitrogens with one attached hydrogen (secondary N) is 2. The van der Waals surface area contributed by atoms with Gasteiger partial charge in [0, 0.05) is 15.1 Å². The third kappa shape index (κ3) is 5.58. The first kappa shape index (κ1) is 19.9. The zero-order valence-corrected chi connectivity index (χ0v) is 17.0. The van der Waals surface area contributed by atoms with Crippen molar-refractivity contribution in [1.29, 1.82) is 0 Å². The van der Waals surface area contributed by atoms with E-state index in [1.807, 2.05) is 0 Å². The fourth-order valence-electron chi connectivity index (χ4n) is 2.36. The summed E-state index contributed by atoms with van der Waals surface area (Å²) < 4.78 is 6.07. The minimum atomic E-state index is -0.434. The van der Waals surface area contributed by atoms with Crippen LogP contribution in [-0.4, -0.2) is 11.8 Å². The Morgan fingerprint density at radius 3 is 2.39 bits per heavy atom. The van der Waals surface area contributed by atoms with Gasteiger partial charge in [0.1, 0.15) is 11.5 Å². The monoisotopic (exact) mass is 458 g/mol. The number of carbonyl (C=O) groups excluding carboxylic acids is 2. The molecule has 0 spiro atoms. The predicted octanol–water partition coefficient (Wildman–Crippen LogP) is 4.78. The molecule has 0 atom stereocenters. The Morgan fingerprint density at radius 1 is 1.04 bits per heavy atom. The van der Waals surface area contributed by atoms with E-state index in [0.29, 0.717) is 16.3 Å². The van der Waals surface area contributed by atoms with E-state index in [0.717, 1.165) is 10.0 Å². The standard InChI is InChI=1S/C21H16BrClN2O3/c22-16-7-5-15(6-8-16)20(26)25-19(12-14-3-9-17(23)10-4-14)21(27)24-13-18-2-1-11-28-18/h1-12H,13H2,(H,24,27)(H,25,26). The van der Waals surface area contributed by atoms with E-state index in [2.05, 4.69) is 26.6 Å². The Labute approximate surface area is 175 Å². The third-order valence-electron chi connectivity index (χ3n) is 3.78. The molecule has 2 aromatic carbocycles. The Balaban J connectivity index is 1.80. The zero-order valence-electron chi connectivity index (χ0n) is 14.6. The first-order valence-electron chi connectivity index (χ1n) is 8.36. The van der Waals surface area contributed by atoms with Gasteiger partial charge < -0.3 is 15.1 Å². The number of rotatable bonds is 6. The number of benzene rings is 2. The van der Waals surface area contributed by atoms with Gasteiger partial charge in [-0.2, -0.15) is 0 Å². The Kier molecular flexibility index (Phi) is 6.68. The van der Waals surface area contributed by atoms with Crippen molar-refractivity contribution in [1.82, 2.24) is 10.6 Å². The van der Waals surface area contributed by atoms with Crippen LogP contribution in [0.3, 0.4) is 0 Å². The second-order valence-electron chi connectivity index (χ2n) is 5.83. The molecule has 7 heteroatoms. The number of halogens is 2. The molecule has 0 saturated heterocycles. The van der Waals surface area contributed by atoms with Crippen LogP contribution in [0.5, 0.6) is 0 Å². The van der Waals surface area contributed by atoms with Crippen molar-refractivity contribution in [3.05, 3.63) is 99.0 Å². The average Bonchev–Trinajstić information content (AvgIpc) is 3.21. The second kappa shape index (κ2) is 9.39. The lowest BCUT2D eigenvalue weighted by Gasteiger charge is -2.11. The lowest BCUT2D eigenvalue weighted by Crippen LogP contribution is -2.34. The van der Waals surface area contributed by atoms with Gasteiger partial charge in [-0.05, 0) is 60.2 Å². The first-order valence-corrected chi connectivity index (χ1v) is 9.53. The average molecular weight is 460 g/mol. The molecule has 0 aliphatic heterocycles. The molecule has 3 rings (SSSR count). The molecule has 0 aliphatic carbocycles. The largest absolute Gasteiger partial charge is 0.467 e. The Bertz CT molecular complexity index is 982. The van der Waals surface area contributed by atoms with Crippen molar-refractivity contribution in [2.24, 2.45) is 0 Å². The van der Waals surface area contributed by atoms with Gasteiger partial charge in [0.05, 0.1) is 12.8 Å². The summed E-state index contributed by atoms with van der Waals surface area (Å²) >= 11 is 9.24. The number of hydrogen-bond acceptors (Lipinski definition) is 3. The van der Waals surface area contributed by atoms with Gasteiger partial charge in [-0.15, -0.1) is 0 Å². The van der Waals surface area contributed by atoms with Crippen LogP contribution >= 0.6 is 27.5 Å². The van der Waals surface area contributed by atoms with Crippen molar-refractivity contribution in [2.75, 3.05) is 0 Å². The molecule has 0 fully saturated rings. The van der Waals surface area contributed by atoms with E-state index in [9.17, 15) is 9.59 Å². The molecule has 0 unspecified atom stereocenters. The third-order valence-corrected chi connectivity index (χ3v) is 4.56. The fraction of sp³-hybridized carbons (Fsp3) is 0.0476. The maximum Gasteiger partial charge on any atom is 0.268 e. The molecule has 1 aromatic heterocycles. The molecule has 2 amide bonds. The van der Waals surface area contributed by atoms with Crippen molar-refractivity contribution in [2.45, 2.75) is 6.54 Å². The van der Waals surface area contributed by atoms with Crippen molar-refractivity contribution in [3.63, 3.8) is 0 Å². The summed E-state index contributed by atoms with van der Waals surface area (Å²) in [4.78, 5) is 25.2. The van der Waals surface area contributed by atoms with Gasteiger partial charge in [0.25, 0.3) is 11.8 Å². The van der Waals surface area contributed by atoms with Gasteiger partial charge in [-0.25, -0.2) is 0 Å². The van der Waals surface area contributed by atoms with Crippen LogP contribution in [-0.2, 0) is 11.3 Å². The van der Waals surface area contributed by atoms with Gasteiger partial charge in [-0.3, -0.25) is 9.59 Å². The van der Waals surface area contributed by atoms with Crippen LogP contribution in [0.15, 0.2) is 81.5 Å². The Hall–Kier alpha value is -2.83. The molecular formula is C21H16BrClN2O3. The first-order chi connectivity index (χ1) is 13.5. The summed E-state index contributed by atoms with van der Waals surface area (Å²) in [5.74, 6) is -0.212. The maximum absolute atomic E-state index is 12.7. The number of hydrogen-bond donors (Lipinski definition) is 2. The second-order valence-corrected chi connectivity index (χ2v) is 7.18. The van der Waals surface area contributed by atoms with Crippen molar-refractivity contribution in [3.8, 4) is 0 Å². The summed E-state index contributed by atoms with van der Waals surface area (Å²) in [5, 5.41) is 5.99. The number of carbonyl (C=O) groups is 2. The smallest absolute Gasteiger partial charge is 0.268 e. The van der Waals surface area contributed by atoms with E-state index >= 15 is 0 Å². The molecule has 0 aliphatic rings. The lowest BCUT2D eigenvalue weighted by molar-refractivity contribution is -0.118. The van der Waals surface area contributed by atoms with Gasteiger partial charge in [0.2, 0.25) is 0 Å². The predicted molar refractivity (Wildman–Crippen MR) is 112 cm³/mol. The van der Waals surface area contributed by atoms with E-state index in [4.69, 9.17) is 16.0 Å². The molecule has 28 heavy (non-hydrogen) atoms. The molecule has 0 saturated carbocycles. The van der Waals surface area contributed by atoms with Gasteiger partial charge in [0.15, 0.2) is 0 Å². The molecule has 0 bridgehead atoms. The summed E-state index contributed by atoms with van der Waals surface area (Å²) in [6, 6.07) is 17.3. The summed E-state index contributed by atoms with van der Waals surface area (Å²) in [7, 11) is 0. The lowest BCUT2D eigenvalue weighted by atomic mass is 10.1. The molecule has 1 heterocycles. The molecule has 5 nitrogen and oxygen atoms in total. The summed E-state index contributed by atoms with van der Waals surface area (Å²) in [5.41, 5.74) is 1.27. The normalized spacial score (nSPS) is 11.1. The zero-order chi connectivity index (χ0) is 19.9. The van der Waals surface area contributed by atoms with E-state index < -0.39 is 5.91 Å². The maximum atomic E-state index is 12.7. The van der Waals surface area contributed by atoms with Crippen molar-refractivity contribution >= 4 is 45.4 Å².